The first kappa shape index (κ1) is 103. The van der Waals surface area contributed by atoms with Gasteiger partial charge in [0.2, 0.25) is 0 Å². The molecule has 7 N–H and O–H groups in total. The molecule has 6 aromatic heterocycles. The lowest BCUT2D eigenvalue weighted by Crippen LogP contribution is -2.36. The largest absolute Gasteiger partial charge is 0.457 e. The van der Waals surface area contributed by atoms with Crippen molar-refractivity contribution in [3.63, 3.8) is 0 Å². The molecule has 30 heteroatoms. The van der Waals surface area contributed by atoms with Crippen LogP contribution in [0.25, 0.3) is 5.69 Å². The second-order valence-corrected chi connectivity index (χ2v) is 38.5. The Kier molecular flexibility index (Phi) is 33.3. The Labute approximate surface area is 852 Å². The van der Waals surface area contributed by atoms with Gasteiger partial charge in [-0.25, -0.2) is 38.4 Å². The summed E-state index contributed by atoms with van der Waals surface area (Å²) in [6.45, 7) is 29.1. The average molecular weight is 1970 g/mol. The smallest absolute Gasteiger partial charge is 0.254 e. The molecular weight excluding hydrogens is 1840 g/mol. The van der Waals surface area contributed by atoms with Gasteiger partial charge in [-0.2, -0.15) is 5.10 Å². The van der Waals surface area contributed by atoms with Crippen LogP contribution in [0.4, 0.5) is 37.9 Å². The molecule has 28 nitrogen and oxygen atoms in total. The van der Waals surface area contributed by atoms with Crippen molar-refractivity contribution in [2.75, 3.05) is 53.3 Å². The fourth-order valence-electron chi connectivity index (χ4n) is 19.1. The predicted octanol–water partition coefficient (Wildman–Crippen LogP) is 22.9. The third-order valence-corrected chi connectivity index (χ3v) is 27.9. The molecular formula is C116H129F2N19O9. The lowest BCUT2D eigenvalue weighted by atomic mass is 9.95. The number of fused-ring (bicyclic) bond motifs is 5. The molecule has 0 saturated heterocycles. The highest BCUT2D eigenvalue weighted by molar-refractivity contribution is 6.03. The Hall–Kier alpha value is -15.8. The van der Waals surface area contributed by atoms with Crippen molar-refractivity contribution in [2.45, 2.75) is 228 Å². The topological polar surface area (TPSA) is 321 Å². The normalized spacial score (nSPS) is 15.5. The Bertz CT molecular complexity index is 6820. The molecule has 2 fully saturated rings. The van der Waals surface area contributed by atoms with Gasteiger partial charge in [0.15, 0.2) is 0 Å². The molecule has 2 aliphatic carbocycles. The van der Waals surface area contributed by atoms with Gasteiger partial charge >= 0.3 is 0 Å². The number of pyridine rings is 5. The van der Waals surface area contributed by atoms with E-state index in [1.54, 1.807) is 98.9 Å². The van der Waals surface area contributed by atoms with Crippen LogP contribution in [-0.2, 0) is 32.7 Å². The van der Waals surface area contributed by atoms with Gasteiger partial charge in [0.25, 0.3) is 41.4 Å². The van der Waals surface area contributed by atoms with Gasteiger partial charge < -0.3 is 71.2 Å². The average Bonchev–Trinajstić information content (AvgIpc) is 1.64. The minimum atomic E-state index is -0.530. The van der Waals surface area contributed by atoms with E-state index < -0.39 is 5.82 Å². The van der Waals surface area contributed by atoms with Crippen molar-refractivity contribution < 1.29 is 51.8 Å². The molecule has 2 saturated carbocycles. The van der Waals surface area contributed by atoms with Gasteiger partial charge in [0.1, 0.15) is 63.7 Å². The van der Waals surface area contributed by atoms with Crippen LogP contribution in [0.3, 0.4) is 0 Å². The molecule has 756 valence electrons. The lowest BCUT2D eigenvalue weighted by Gasteiger charge is -2.23. The zero-order valence-electron chi connectivity index (χ0n) is 85.2. The minimum Gasteiger partial charge on any atom is -0.457 e. The number of rotatable bonds is 28. The molecule has 13 aromatic rings. The van der Waals surface area contributed by atoms with Crippen LogP contribution in [-0.4, -0.2) is 145 Å². The van der Waals surface area contributed by atoms with Crippen molar-refractivity contribution in [1.82, 2.24) is 69.8 Å². The molecule has 146 heavy (non-hydrogen) atoms. The van der Waals surface area contributed by atoms with E-state index in [2.05, 4.69) is 114 Å². The second-order valence-electron chi connectivity index (χ2n) is 38.5. The fourth-order valence-corrected chi connectivity index (χ4v) is 19.1. The van der Waals surface area contributed by atoms with E-state index in [4.69, 9.17) is 9.47 Å². The number of amides is 7. The highest BCUT2D eigenvalue weighted by Gasteiger charge is 2.37. The lowest BCUT2D eigenvalue weighted by molar-refractivity contribution is 0.0727. The third kappa shape index (κ3) is 24.7. The first-order valence-electron chi connectivity index (χ1n) is 50.7. The van der Waals surface area contributed by atoms with Gasteiger partial charge in [-0.1, -0.05) is 116 Å². The maximum absolute atomic E-state index is 14.8. The fraction of sp³-hybridized carbons (Fsp3) is 0.336. The van der Waals surface area contributed by atoms with Gasteiger partial charge in [-0.3, -0.25) is 33.6 Å². The number of hydrogen-bond acceptors (Lipinski definition) is 20. The maximum atomic E-state index is 14.8. The molecule has 0 radical (unpaired) electrons. The summed E-state index contributed by atoms with van der Waals surface area (Å²) < 4.78 is 41.4. The summed E-state index contributed by atoms with van der Waals surface area (Å²) in [7, 11) is 1.81. The van der Waals surface area contributed by atoms with Crippen molar-refractivity contribution in [1.29, 1.82) is 0 Å². The highest BCUT2D eigenvalue weighted by atomic mass is 19.1. The van der Waals surface area contributed by atoms with E-state index in [0.717, 1.165) is 152 Å². The quantitative estimate of drug-likeness (QED) is 0.0240. The third-order valence-electron chi connectivity index (χ3n) is 27.9. The molecule has 7 aromatic carbocycles. The molecule has 5 atom stereocenters. The van der Waals surface area contributed by atoms with E-state index in [-0.39, 0.29) is 95.0 Å². The van der Waals surface area contributed by atoms with Crippen molar-refractivity contribution in [2.24, 2.45) is 0 Å². The van der Waals surface area contributed by atoms with Crippen LogP contribution < -0.4 is 46.7 Å². The van der Waals surface area contributed by atoms with Crippen LogP contribution in [0.1, 0.15) is 303 Å². The van der Waals surface area contributed by atoms with Crippen molar-refractivity contribution >= 4 is 70.4 Å². The number of hydrogen-bond donors (Lipinski definition) is 7. The maximum Gasteiger partial charge on any atom is 0.254 e. The Morgan fingerprint density at radius 2 is 0.719 bits per heavy atom. The van der Waals surface area contributed by atoms with E-state index in [1.165, 1.54) is 55.0 Å². The summed E-state index contributed by atoms with van der Waals surface area (Å²) >= 11 is 0. The number of aromatic nitrogens is 7. The Balaban J connectivity index is 0.000000131. The molecule has 5 aliphatic heterocycles. The number of nitrogens with zero attached hydrogens (tertiary/aromatic N) is 12. The van der Waals surface area contributed by atoms with E-state index in [9.17, 15) is 42.3 Å². The number of anilines is 5. The van der Waals surface area contributed by atoms with E-state index in [0.29, 0.717) is 92.3 Å². The zero-order valence-corrected chi connectivity index (χ0v) is 85.2. The first-order valence-corrected chi connectivity index (χ1v) is 50.7. The van der Waals surface area contributed by atoms with Crippen molar-refractivity contribution in [3.8, 4) is 28.7 Å². The second kappa shape index (κ2) is 47.2. The van der Waals surface area contributed by atoms with Crippen LogP contribution in [0.15, 0.2) is 237 Å². The molecule has 0 bridgehead atoms. The van der Waals surface area contributed by atoms with Gasteiger partial charge in [-0.15, -0.1) is 0 Å². The number of halogens is 2. The van der Waals surface area contributed by atoms with E-state index in [1.807, 2.05) is 193 Å². The number of benzene rings is 7. The monoisotopic (exact) mass is 1970 g/mol. The number of carbonyl (C=O) groups is 7. The number of carbonyl (C=O) groups excluding carboxylic acids is 7. The number of ether oxygens (including phenoxy) is 2. The van der Waals surface area contributed by atoms with Crippen LogP contribution in [0.2, 0.25) is 0 Å². The van der Waals surface area contributed by atoms with Crippen molar-refractivity contribution in [3.05, 3.63) is 355 Å². The van der Waals surface area contributed by atoms with Gasteiger partial charge in [0, 0.05) is 161 Å². The Morgan fingerprint density at radius 3 is 1.11 bits per heavy atom. The summed E-state index contributed by atoms with van der Waals surface area (Å²) in [5.74, 6) is 5.98. The number of nitrogens with one attached hydrogen (secondary N) is 7. The first-order chi connectivity index (χ1) is 70.5. The van der Waals surface area contributed by atoms with Gasteiger partial charge in [-0.05, 0) is 264 Å². The molecule has 0 unspecified atom stereocenters. The molecule has 0 spiro atoms. The minimum absolute atomic E-state index is 0.00485. The summed E-state index contributed by atoms with van der Waals surface area (Å²) in [6.07, 6.45) is 21.3. The molecule has 20 rings (SSSR count). The Morgan fingerprint density at radius 1 is 0.377 bits per heavy atom. The molecule has 7 aliphatic rings. The molecule has 11 heterocycles. The van der Waals surface area contributed by atoms with Crippen LogP contribution in [0, 0.1) is 25.5 Å². The summed E-state index contributed by atoms with van der Waals surface area (Å²) in [6, 6.07) is 61.9. The van der Waals surface area contributed by atoms with E-state index >= 15 is 0 Å². The van der Waals surface area contributed by atoms with Crippen LogP contribution >= 0.6 is 0 Å². The SMILES string of the molecule is CCN1Cc2c(ccnc2N[C@@H](C)c2ccc(C(=O)NC3CCCCC3)c(F)c2)C1=O.CCN1Cc2c(ccnc2N[C@@H](C)c2ccc(C(=O)NC3CCCCC3)cc2)C1=O.CCN1Cc2c(ccnc2N[C@@H](C)c2ccn(-c3ccc(F)cc3)n2)C1=O.Cc1ccc(Oc2ccc([C@H](C)Nc3nccc4c3CN(C(C)C)C4=O)cc2)cc1.Cc1ccc(Oc2ccc([C@H](C)Nc3nccc4c3CN(C)C4=O)cc2)cc1. The molecule has 7 amide bonds. The highest BCUT2D eigenvalue weighted by Crippen LogP contribution is 2.39. The van der Waals surface area contributed by atoms with Gasteiger partial charge in [0.05, 0.1) is 61.8 Å². The zero-order chi connectivity index (χ0) is 103. The standard InChI is InChI=1S/C25H27N3O2.C24H29FN4O2.C24H30N4O2.C23H23N3O2.C20H20FN5O/c1-16(2)28-15-23-22(25(28)29)13-14-26-24(23)27-18(4)19-7-11-21(12-8-19)30-20-9-5-17(3)6-10-20;1-3-29-14-20-18(24(29)31)11-12-26-22(20)27-15(2)16-9-10-19(21(25)13-16)23(30)28-17-7-5-4-6-8-17;1-3-28-15-21-20(24(28)30)13-14-25-22(21)26-16(2)17-9-11-18(12-10-17)23(29)27-19-7-5-4-6-8-19;1-15-4-8-18(9-5-15)28-19-10-6-17(7-11-19)16(2)25-22-21-14-26(3)23(27)20(21)12-13-24-22;1-3-25-12-17-16(20(25)27)8-10-22-19(17)23-13(2)18-9-11-26(24-18)15-6-4-14(21)5-7-15/h5-14,16,18H,15H2,1-4H3,(H,26,27);9-13,15,17H,3-8,14H2,1-2H3,(H,26,27)(H,28,30);9-14,16,19H,3-8,15H2,1-2H3,(H,25,26)(H,27,29);4-13,16H,14H2,1-3H3,(H,24,25);4-11,13H,3,12H2,1-2H3,(H,22,23)/t18-;15-;2*16-;13-/m00000/s1. The summed E-state index contributed by atoms with van der Waals surface area (Å²) in [5.41, 5.74) is 17.1. The van der Waals surface area contributed by atoms with Crippen LogP contribution in [0.5, 0.6) is 23.0 Å². The number of aryl methyl sites for hydroxylation is 2. The predicted molar refractivity (Wildman–Crippen MR) is 564 cm³/mol. The summed E-state index contributed by atoms with van der Waals surface area (Å²) in [5, 5.41) is 27.8. The summed E-state index contributed by atoms with van der Waals surface area (Å²) in [4.78, 5) is 118.